The lowest BCUT2D eigenvalue weighted by Crippen LogP contribution is -2.31. The third-order valence-electron chi connectivity index (χ3n) is 4.95. The van der Waals surface area contributed by atoms with E-state index in [-0.39, 0.29) is 34.8 Å². The van der Waals surface area contributed by atoms with E-state index in [4.69, 9.17) is 5.14 Å². The van der Waals surface area contributed by atoms with Gasteiger partial charge in [0.15, 0.2) is 0 Å². The second-order valence-corrected chi connectivity index (χ2v) is 10.2. The molecule has 0 radical (unpaired) electrons. The smallest absolute Gasteiger partial charge is 0.308 e. The van der Waals surface area contributed by atoms with E-state index in [1.165, 1.54) is 36.0 Å². The first kappa shape index (κ1) is 23.5. The number of sulfonamides is 1. The third-order valence-corrected chi connectivity index (χ3v) is 7.08. The SMILES string of the molecule is NS(=O)(=O)c1ccc(N2C(=O)C[C@@H](Sc3ccc(NC(=O)Nc4ccccc4)cc3)C2=O)cc1. The monoisotopic (exact) mass is 496 g/mol. The van der Waals surface area contributed by atoms with Crippen LogP contribution in [0.4, 0.5) is 21.9 Å². The molecule has 1 saturated heterocycles. The number of primary sulfonamides is 1. The van der Waals surface area contributed by atoms with Gasteiger partial charge in [-0.05, 0) is 60.7 Å². The van der Waals surface area contributed by atoms with Crippen LogP contribution in [0.1, 0.15) is 6.42 Å². The minimum atomic E-state index is -3.87. The number of nitrogens with zero attached hydrogens (tertiary/aromatic N) is 1. The van der Waals surface area contributed by atoms with Crippen LogP contribution in [0, 0.1) is 0 Å². The molecule has 0 aliphatic carbocycles. The second-order valence-electron chi connectivity index (χ2n) is 7.39. The number of nitrogens with two attached hydrogens (primary N) is 1. The zero-order chi connectivity index (χ0) is 24.3. The third kappa shape index (κ3) is 5.45. The number of hydrogen-bond donors (Lipinski definition) is 3. The molecule has 1 aliphatic heterocycles. The molecule has 0 spiro atoms. The largest absolute Gasteiger partial charge is 0.323 e. The van der Waals surface area contributed by atoms with Crippen molar-refractivity contribution in [2.45, 2.75) is 21.5 Å². The minimum Gasteiger partial charge on any atom is -0.308 e. The summed E-state index contributed by atoms with van der Waals surface area (Å²) < 4.78 is 22.8. The van der Waals surface area contributed by atoms with Gasteiger partial charge in [0.25, 0.3) is 0 Å². The van der Waals surface area contributed by atoms with Crippen molar-refractivity contribution in [2.75, 3.05) is 15.5 Å². The maximum atomic E-state index is 12.9. The second kappa shape index (κ2) is 9.67. The van der Waals surface area contributed by atoms with E-state index >= 15 is 0 Å². The number of urea groups is 1. The molecule has 4 rings (SSSR count). The van der Waals surface area contributed by atoms with Crippen LogP contribution in [0.15, 0.2) is 88.7 Å². The Morgan fingerprint density at radius 3 is 2.06 bits per heavy atom. The number of anilines is 3. The molecular formula is C23H20N4O5S2. The molecule has 4 N–H and O–H groups in total. The molecule has 0 aromatic heterocycles. The summed E-state index contributed by atoms with van der Waals surface area (Å²) in [6, 6.07) is 20.8. The quantitative estimate of drug-likeness (QED) is 0.447. The first-order valence-electron chi connectivity index (χ1n) is 10.1. The van der Waals surface area contributed by atoms with Crippen molar-refractivity contribution in [3.63, 3.8) is 0 Å². The van der Waals surface area contributed by atoms with E-state index in [0.717, 1.165) is 9.80 Å². The molecule has 3 aromatic rings. The molecule has 9 nitrogen and oxygen atoms in total. The number of nitrogens with one attached hydrogen (secondary N) is 2. The standard InChI is InChI=1S/C23H20N4O5S2/c24-34(31,32)19-12-8-17(9-13-19)27-21(28)14-20(22(27)29)33-18-10-6-16(7-11-18)26-23(30)25-15-4-2-1-3-5-15/h1-13,20H,14H2,(H2,24,31,32)(H2,25,26,30)/t20-/m1/s1. The van der Waals surface area contributed by atoms with E-state index < -0.39 is 15.3 Å². The number of carbonyl (C=O) groups is 3. The Balaban J connectivity index is 1.38. The molecule has 1 aliphatic rings. The van der Waals surface area contributed by atoms with E-state index in [1.54, 1.807) is 36.4 Å². The summed E-state index contributed by atoms with van der Waals surface area (Å²) in [4.78, 5) is 39.2. The van der Waals surface area contributed by atoms with Crippen molar-refractivity contribution in [2.24, 2.45) is 5.14 Å². The van der Waals surface area contributed by atoms with E-state index in [9.17, 15) is 22.8 Å². The van der Waals surface area contributed by atoms with E-state index in [0.29, 0.717) is 11.4 Å². The van der Waals surface area contributed by atoms with Crippen LogP contribution >= 0.6 is 11.8 Å². The molecule has 34 heavy (non-hydrogen) atoms. The lowest BCUT2D eigenvalue weighted by Gasteiger charge is -2.15. The Morgan fingerprint density at radius 1 is 0.882 bits per heavy atom. The highest BCUT2D eigenvalue weighted by atomic mass is 32.2. The van der Waals surface area contributed by atoms with Crippen molar-refractivity contribution in [3.05, 3.63) is 78.9 Å². The van der Waals surface area contributed by atoms with Gasteiger partial charge in [-0.2, -0.15) is 0 Å². The van der Waals surface area contributed by atoms with Crippen LogP contribution in [-0.4, -0.2) is 31.5 Å². The highest BCUT2D eigenvalue weighted by Gasteiger charge is 2.40. The topological polar surface area (TPSA) is 139 Å². The van der Waals surface area contributed by atoms with E-state index in [1.807, 2.05) is 18.2 Å². The number of rotatable bonds is 6. The summed E-state index contributed by atoms with van der Waals surface area (Å²) in [6.45, 7) is 0. The van der Waals surface area contributed by atoms with Crippen LogP contribution in [0.2, 0.25) is 0 Å². The van der Waals surface area contributed by atoms with Gasteiger partial charge in [0.2, 0.25) is 21.8 Å². The number of carbonyl (C=O) groups excluding carboxylic acids is 3. The molecule has 3 aromatic carbocycles. The van der Waals surface area contributed by atoms with Gasteiger partial charge in [-0.25, -0.2) is 23.3 Å². The minimum absolute atomic E-state index is 0.0138. The van der Waals surface area contributed by atoms with Gasteiger partial charge >= 0.3 is 6.03 Å². The maximum absolute atomic E-state index is 12.9. The molecular weight excluding hydrogens is 476 g/mol. The average molecular weight is 497 g/mol. The number of imide groups is 1. The first-order chi connectivity index (χ1) is 16.2. The van der Waals surface area contributed by atoms with Crippen LogP contribution < -0.4 is 20.7 Å². The molecule has 174 valence electrons. The lowest BCUT2D eigenvalue weighted by molar-refractivity contribution is -0.121. The Bertz CT molecular complexity index is 1330. The van der Waals surface area contributed by atoms with Crippen molar-refractivity contribution in [1.82, 2.24) is 0 Å². The Labute approximate surface area is 200 Å². The van der Waals surface area contributed by atoms with Crippen LogP contribution in [0.3, 0.4) is 0 Å². The summed E-state index contributed by atoms with van der Waals surface area (Å²) in [7, 11) is -3.87. The van der Waals surface area contributed by atoms with Crippen molar-refractivity contribution in [1.29, 1.82) is 0 Å². The molecule has 0 bridgehead atoms. The molecule has 4 amide bonds. The Kier molecular flexibility index (Phi) is 6.68. The van der Waals surface area contributed by atoms with E-state index in [2.05, 4.69) is 10.6 Å². The van der Waals surface area contributed by atoms with Gasteiger partial charge in [0.05, 0.1) is 15.8 Å². The summed E-state index contributed by atoms with van der Waals surface area (Å²) in [5.41, 5.74) is 1.53. The average Bonchev–Trinajstić information content (AvgIpc) is 3.08. The van der Waals surface area contributed by atoms with Gasteiger partial charge in [-0.1, -0.05) is 18.2 Å². The molecule has 0 unspecified atom stereocenters. The Hall–Kier alpha value is -3.67. The fourth-order valence-electron chi connectivity index (χ4n) is 3.35. The molecule has 1 atom stereocenters. The van der Waals surface area contributed by atoms with Gasteiger partial charge in [0.1, 0.15) is 0 Å². The first-order valence-corrected chi connectivity index (χ1v) is 12.5. The van der Waals surface area contributed by atoms with Crippen molar-refractivity contribution < 1.29 is 22.8 Å². The van der Waals surface area contributed by atoms with Crippen LogP contribution in [0.25, 0.3) is 0 Å². The number of amides is 4. The lowest BCUT2D eigenvalue weighted by atomic mass is 10.3. The molecule has 1 heterocycles. The normalized spacial score (nSPS) is 15.9. The summed E-state index contributed by atoms with van der Waals surface area (Å²) in [5, 5.41) is 9.92. The molecule has 0 saturated carbocycles. The zero-order valence-electron chi connectivity index (χ0n) is 17.7. The van der Waals surface area contributed by atoms with Gasteiger partial charge in [0, 0.05) is 22.7 Å². The fourth-order valence-corrected chi connectivity index (χ4v) is 4.92. The molecule has 1 fully saturated rings. The van der Waals surface area contributed by atoms with Gasteiger partial charge in [-0.15, -0.1) is 11.8 Å². The van der Waals surface area contributed by atoms with Crippen LogP contribution in [-0.2, 0) is 19.6 Å². The molecule has 11 heteroatoms. The summed E-state index contributed by atoms with van der Waals surface area (Å²) >= 11 is 1.24. The number of hydrogen-bond acceptors (Lipinski definition) is 6. The van der Waals surface area contributed by atoms with Crippen molar-refractivity contribution in [3.8, 4) is 0 Å². The number of thioether (sulfide) groups is 1. The Morgan fingerprint density at radius 2 is 1.47 bits per heavy atom. The van der Waals surface area contributed by atoms with Crippen molar-refractivity contribution >= 4 is 56.7 Å². The number of benzene rings is 3. The fraction of sp³-hybridized carbons (Fsp3) is 0.0870. The highest BCUT2D eigenvalue weighted by molar-refractivity contribution is 8.00. The predicted octanol–water partition coefficient (Wildman–Crippen LogP) is 3.40. The number of para-hydroxylation sites is 1. The van der Waals surface area contributed by atoms with Gasteiger partial charge in [-0.3, -0.25) is 9.59 Å². The van der Waals surface area contributed by atoms with Gasteiger partial charge < -0.3 is 10.6 Å². The summed E-state index contributed by atoms with van der Waals surface area (Å²) in [6.07, 6.45) is 0.0138. The maximum Gasteiger partial charge on any atom is 0.323 e. The van der Waals surface area contributed by atoms with Crippen LogP contribution in [0.5, 0.6) is 0 Å². The summed E-state index contributed by atoms with van der Waals surface area (Å²) in [5.74, 6) is -0.760. The predicted molar refractivity (Wildman–Crippen MR) is 130 cm³/mol. The highest BCUT2D eigenvalue weighted by Crippen LogP contribution is 2.34. The zero-order valence-corrected chi connectivity index (χ0v) is 19.3.